The van der Waals surface area contributed by atoms with E-state index in [4.69, 9.17) is 16.7 Å². The molecule has 1 aliphatic rings. The molecule has 0 spiro atoms. The number of carboxylic acid groups (broad SMARTS) is 1. The Balaban J connectivity index is 1.94. The van der Waals surface area contributed by atoms with Crippen LogP contribution in [0.5, 0.6) is 0 Å². The molecule has 2 aromatic carbocycles. The first-order valence-corrected chi connectivity index (χ1v) is 7.80. The third-order valence-corrected chi connectivity index (χ3v) is 4.27. The summed E-state index contributed by atoms with van der Waals surface area (Å²) in [6.45, 7) is 0.299. The summed E-state index contributed by atoms with van der Waals surface area (Å²) in [5.41, 5.74) is 0.366. The van der Waals surface area contributed by atoms with Crippen molar-refractivity contribution in [3.63, 3.8) is 0 Å². The Morgan fingerprint density at radius 2 is 1.96 bits per heavy atom. The summed E-state index contributed by atoms with van der Waals surface area (Å²) in [5.74, 6) is -3.16. The lowest BCUT2D eigenvalue weighted by Gasteiger charge is -2.37. The van der Waals surface area contributed by atoms with Gasteiger partial charge in [0.1, 0.15) is 6.04 Å². The average molecular weight is 367 g/mol. The van der Waals surface area contributed by atoms with Gasteiger partial charge in [-0.25, -0.2) is 18.4 Å². The van der Waals surface area contributed by atoms with Gasteiger partial charge in [0.15, 0.2) is 11.6 Å². The van der Waals surface area contributed by atoms with Gasteiger partial charge in [-0.3, -0.25) is 0 Å². The standard InChI is InChI=1S/C17H13ClF2N2O3/c18-9-4-5-10(11-2-1-3-12(19)15(11)20)13(8-9)21-17(25)22-7-6-14(22)16(23)24/h1-5,8,14H,6-7H2,(H,21,25)(H,23,24). The Morgan fingerprint density at radius 3 is 2.60 bits per heavy atom. The van der Waals surface area contributed by atoms with Gasteiger partial charge < -0.3 is 15.3 Å². The maximum atomic E-state index is 14.1. The minimum Gasteiger partial charge on any atom is -0.480 e. The number of likely N-dealkylation sites (tertiary alicyclic amines) is 1. The van der Waals surface area contributed by atoms with Gasteiger partial charge in [0.05, 0.1) is 5.69 Å². The second kappa shape index (κ2) is 6.68. The first kappa shape index (κ1) is 17.2. The molecule has 0 bridgehead atoms. The lowest BCUT2D eigenvalue weighted by molar-refractivity contribution is -0.145. The highest BCUT2D eigenvalue weighted by atomic mass is 35.5. The van der Waals surface area contributed by atoms with E-state index in [-0.39, 0.29) is 21.8 Å². The molecular formula is C17H13ClF2N2O3. The van der Waals surface area contributed by atoms with Gasteiger partial charge in [0.25, 0.3) is 0 Å². The van der Waals surface area contributed by atoms with Crippen LogP contribution in [-0.4, -0.2) is 34.6 Å². The Bertz CT molecular complexity index is 860. The molecule has 130 valence electrons. The van der Waals surface area contributed by atoms with Crippen LogP contribution >= 0.6 is 11.6 Å². The van der Waals surface area contributed by atoms with Crippen LogP contribution in [0, 0.1) is 11.6 Å². The molecule has 2 N–H and O–H groups in total. The van der Waals surface area contributed by atoms with E-state index in [2.05, 4.69) is 5.32 Å². The molecule has 0 aromatic heterocycles. The molecule has 5 nitrogen and oxygen atoms in total. The normalized spacial score (nSPS) is 16.3. The number of carboxylic acids is 1. The number of benzene rings is 2. The molecule has 1 unspecified atom stereocenters. The summed E-state index contributed by atoms with van der Waals surface area (Å²) in [6, 6.07) is 6.53. The third-order valence-electron chi connectivity index (χ3n) is 4.03. The smallest absolute Gasteiger partial charge is 0.326 e. The number of hydrogen-bond donors (Lipinski definition) is 2. The van der Waals surface area contributed by atoms with Crippen LogP contribution in [0.4, 0.5) is 19.3 Å². The number of carbonyl (C=O) groups is 2. The van der Waals surface area contributed by atoms with Crippen molar-refractivity contribution < 1.29 is 23.5 Å². The molecule has 0 saturated carbocycles. The Hall–Kier alpha value is -2.67. The highest BCUT2D eigenvalue weighted by molar-refractivity contribution is 6.31. The number of nitrogens with zero attached hydrogens (tertiary/aromatic N) is 1. The Labute approximate surface area is 146 Å². The predicted octanol–water partition coefficient (Wildman–Crippen LogP) is 3.98. The topological polar surface area (TPSA) is 69.6 Å². The highest BCUT2D eigenvalue weighted by Crippen LogP contribution is 2.33. The number of hydrogen-bond acceptors (Lipinski definition) is 2. The minimum absolute atomic E-state index is 0.0367. The average Bonchev–Trinajstić information content (AvgIpc) is 2.49. The van der Waals surface area contributed by atoms with Crippen LogP contribution < -0.4 is 5.32 Å². The molecule has 1 aliphatic heterocycles. The predicted molar refractivity (Wildman–Crippen MR) is 88.6 cm³/mol. The summed E-state index contributed by atoms with van der Waals surface area (Å²) in [4.78, 5) is 24.5. The maximum absolute atomic E-state index is 14.1. The summed E-state index contributed by atoms with van der Waals surface area (Å²) in [7, 11) is 0. The molecule has 0 radical (unpaired) electrons. The first-order chi connectivity index (χ1) is 11.9. The largest absolute Gasteiger partial charge is 0.480 e. The molecule has 1 fully saturated rings. The van der Waals surface area contributed by atoms with Gasteiger partial charge in [0, 0.05) is 22.7 Å². The van der Waals surface area contributed by atoms with E-state index < -0.39 is 29.7 Å². The fraction of sp³-hybridized carbons (Fsp3) is 0.176. The Morgan fingerprint density at radius 1 is 1.20 bits per heavy atom. The fourth-order valence-electron chi connectivity index (χ4n) is 2.64. The van der Waals surface area contributed by atoms with Crippen LogP contribution in [-0.2, 0) is 4.79 Å². The van der Waals surface area contributed by atoms with E-state index in [1.807, 2.05) is 0 Å². The molecule has 1 saturated heterocycles. The number of amides is 2. The maximum Gasteiger partial charge on any atom is 0.326 e. The van der Waals surface area contributed by atoms with Crippen LogP contribution in [0.2, 0.25) is 5.02 Å². The number of rotatable bonds is 3. The molecule has 1 heterocycles. The van der Waals surface area contributed by atoms with Gasteiger partial charge in [-0.05, 0) is 24.6 Å². The summed E-state index contributed by atoms with van der Waals surface area (Å²) < 4.78 is 27.6. The lowest BCUT2D eigenvalue weighted by atomic mass is 10.0. The number of anilines is 1. The van der Waals surface area contributed by atoms with E-state index in [0.29, 0.717) is 13.0 Å². The number of urea groups is 1. The number of halogens is 3. The zero-order valence-corrected chi connectivity index (χ0v) is 13.6. The minimum atomic E-state index is -1.09. The van der Waals surface area contributed by atoms with Crippen LogP contribution in [0.15, 0.2) is 36.4 Å². The number of carbonyl (C=O) groups excluding carboxylic acids is 1. The SMILES string of the molecule is O=C(O)C1CCN1C(=O)Nc1cc(Cl)ccc1-c1cccc(F)c1F. The number of nitrogens with one attached hydrogen (secondary N) is 1. The zero-order valence-electron chi connectivity index (χ0n) is 12.8. The van der Waals surface area contributed by atoms with Gasteiger partial charge >= 0.3 is 12.0 Å². The number of aliphatic carboxylic acids is 1. The van der Waals surface area contributed by atoms with Crippen molar-refractivity contribution >= 4 is 29.3 Å². The van der Waals surface area contributed by atoms with E-state index in [1.54, 1.807) is 0 Å². The van der Waals surface area contributed by atoms with E-state index in [1.165, 1.54) is 30.3 Å². The summed E-state index contributed by atoms with van der Waals surface area (Å²) in [6.07, 6.45) is 0.365. The van der Waals surface area contributed by atoms with Crippen molar-refractivity contribution in [3.05, 3.63) is 53.1 Å². The first-order valence-electron chi connectivity index (χ1n) is 7.43. The summed E-state index contributed by atoms with van der Waals surface area (Å²) in [5, 5.41) is 11.8. The van der Waals surface area contributed by atoms with Crippen molar-refractivity contribution in [1.29, 1.82) is 0 Å². The zero-order chi connectivity index (χ0) is 18.1. The van der Waals surface area contributed by atoms with Gasteiger partial charge in [-0.2, -0.15) is 0 Å². The van der Waals surface area contributed by atoms with Crippen molar-refractivity contribution in [2.45, 2.75) is 12.5 Å². The van der Waals surface area contributed by atoms with E-state index in [9.17, 15) is 18.4 Å². The second-order valence-electron chi connectivity index (χ2n) is 5.56. The quantitative estimate of drug-likeness (QED) is 0.863. The molecule has 3 rings (SSSR count). The van der Waals surface area contributed by atoms with Gasteiger partial charge in [-0.15, -0.1) is 0 Å². The van der Waals surface area contributed by atoms with Crippen molar-refractivity contribution in [1.82, 2.24) is 4.90 Å². The fourth-order valence-corrected chi connectivity index (χ4v) is 2.81. The third kappa shape index (κ3) is 3.28. The van der Waals surface area contributed by atoms with E-state index in [0.717, 1.165) is 11.0 Å². The second-order valence-corrected chi connectivity index (χ2v) is 5.99. The van der Waals surface area contributed by atoms with Gasteiger partial charge in [0.2, 0.25) is 0 Å². The Kier molecular flexibility index (Phi) is 4.59. The molecule has 1 atom stereocenters. The van der Waals surface area contributed by atoms with Crippen LogP contribution in [0.25, 0.3) is 11.1 Å². The van der Waals surface area contributed by atoms with Gasteiger partial charge in [-0.1, -0.05) is 29.8 Å². The van der Waals surface area contributed by atoms with E-state index >= 15 is 0 Å². The van der Waals surface area contributed by atoms with Crippen molar-refractivity contribution in [3.8, 4) is 11.1 Å². The molecule has 2 aromatic rings. The summed E-state index contributed by atoms with van der Waals surface area (Å²) >= 11 is 5.94. The highest BCUT2D eigenvalue weighted by Gasteiger charge is 2.37. The van der Waals surface area contributed by atoms with Crippen molar-refractivity contribution in [2.75, 3.05) is 11.9 Å². The molecule has 2 amide bonds. The van der Waals surface area contributed by atoms with Crippen LogP contribution in [0.3, 0.4) is 0 Å². The van der Waals surface area contributed by atoms with Crippen molar-refractivity contribution in [2.24, 2.45) is 0 Å². The molecular weight excluding hydrogens is 354 g/mol. The monoisotopic (exact) mass is 366 g/mol. The molecule has 25 heavy (non-hydrogen) atoms. The van der Waals surface area contributed by atoms with Crippen LogP contribution in [0.1, 0.15) is 6.42 Å². The molecule has 8 heteroatoms. The lowest BCUT2D eigenvalue weighted by Crippen LogP contribution is -2.56. The molecule has 0 aliphatic carbocycles.